The molecule has 1 atom stereocenters. The van der Waals surface area contributed by atoms with Gasteiger partial charge in [-0.2, -0.15) is 18.3 Å². The molecular formula is C21H25F3N4O6. The van der Waals surface area contributed by atoms with Gasteiger partial charge in [0.05, 0.1) is 18.3 Å². The van der Waals surface area contributed by atoms with Crippen LogP contribution < -0.4 is 9.47 Å². The van der Waals surface area contributed by atoms with E-state index in [-0.39, 0.29) is 25.3 Å². The van der Waals surface area contributed by atoms with Crippen LogP contribution in [0.3, 0.4) is 0 Å². The summed E-state index contributed by atoms with van der Waals surface area (Å²) in [6.07, 6.45) is -3.27. The van der Waals surface area contributed by atoms with Gasteiger partial charge in [-0.25, -0.2) is 4.79 Å². The zero-order chi connectivity index (χ0) is 24.9. The normalized spacial score (nSPS) is 16.9. The minimum Gasteiger partial charge on any atom is -0.475 e. The Hall–Kier alpha value is -3.32. The van der Waals surface area contributed by atoms with Gasteiger partial charge < -0.3 is 24.2 Å². The zero-order valence-corrected chi connectivity index (χ0v) is 18.6. The Morgan fingerprint density at radius 3 is 2.62 bits per heavy atom. The third-order valence-electron chi connectivity index (χ3n) is 5.07. The summed E-state index contributed by atoms with van der Waals surface area (Å²) in [4.78, 5) is 24.5. The predicted molar refractivity (Wildman–Crippen MR) is 111 cm³/mol. The maximum absolute atomic E-state index is 11.7. The van der Waals surface area contributed by atoms with E-state index in [0.717, 1.165) is 36.8 Å². The first-order valence-electron chi connectivity index (χ1n) is 10.3. The molecule has 2 aromatic rings. The highest BCUT2D eigenvalue weighted by molar-refractivity contribution is 5.76. The summed E-state index contributed by atoms with van der Waals surface area (Å²) in [5.74, 6) is -1.19. The number of nitrogens with zero attached hydrogens (tertiary/aromatic N) is 4. The summed E-state index contributed by atoms with van der Waals surface area (Å²) in [6.45, 7) is 3.25. The Morgan fingerprint density at radius 1 is 1.24 bits per heavy atom. The quantitative estimate of drug-likeness (QED) is 0.660. The maximum atomic E-state index is 11.7. The van der Waals surface area contributed by atoms with Crippen LogP contribution in [0.15, 0.2) is 30.5 Å². The number of carbonyl (C=O) groups is 2. The van der Waals surface area contributed by atoms with E-state index in [1.54, 1.807) is 14.1 Å². The van der Waals surface area contributed by atoms with Crippen molar-refractivity contribution in [3.8, 4) is 11.5 Å². The van der Waals surface area contributed by atoms with Gasteiger partial charge in [-0.1, -0.05) is 6.07 Å². The lowest BCUT2D eigenvalue weighted by atomic mass is 10.1. The molecule has 0 radical (unpaired) electrons. The van der Waals surface area contributed by atoms with Crippen LogP contribution in [0.5, 0.6) is 11.5 Å². The fraction of sp³-hybridized carbons (Fsp3) is 0.476. The first-order chi connectivity index (χ1) is 16.0. The molecule has 2 aliphatic heterocycles. The van der Waals surface area contributed by atoms with Crippen molar-refractivity contribution in [2.24, 2.45) is 0 Å². The second kappa shape index (κ2) is 10.7. The first-order valence-corrected chi connectivity index (χ1v) is 10.3. The molecule has 1 aromatic carbocycles. The molecule has 1 aromatic heterocycles. The number of fused-ring (bicyclic) bond motifs is 2. The Bertz CT molecular complexity index is 1010. The molecule has 0 aliphatic carbocycles. The second-order valence-corrected chi connectivity index (χ2v) is 7.88. The van der Waals surface area contributed by atoms with Crippen molar-refractivity contribution < 1.29 is 42.1 Å². The Labute approximate surface area is 193 Å². The van der Waals surface area contributed by atoms with E-state index in [1.807, 2.05) is 29.1 Å². The minimum absolute atomic E-state index is 0.0382. The summed E-state index contributed by atoms with van der Waals surface area (Å²) in [5, 5.41) is 11.6. The molecule has 13 heteroatoms. The maximum Gasteiger partial charge on any atom is 0.490 e. The molecule has 0 spiro atoms. The number of hydrogen-bond acceptors (Lipinski definition) is 7. The molecule has 1 N–H and O–H groups in total. The molecule has 186 valence electrons. The van der Waals surface area contributed by atoms with Gasteiger partial charge in [0, 0.05) is 39.9 Å². The predicted octanol–water partition coefficient (Wildman–Crippen LogP) is 1.91. The number of hydrogen-bond donors (Lipinski definition) is 1. The summed E-state index contributed by atoms with van der Waals surface area (Å²) < 4.78 is 50.3. The van der Waals surface area contributed by atoms with Gasteiger partial charge in [0.1, 0.15) is 6.61 Å². The summed E-state index contributed by atoms with van der Waals surface area (Å²) in [7, 11) is 3.45. The largest absolute Gasteiger partial charge is 0.490 e. The Balaban J connectivity index is 0.000000406. The van der Waals surface area contributed by atoms with Crippen molar-refractivity contribution in [2.45, 2.75) is 25.3 Å². The highest BCUT2D eigenvalue weighted by Gasteiger charge is 2.38. The lowest BCUT2D eigenvalue weighted by Crippen LogP contribution is -2.39. The first kappa shape index (κ1) is 25.3. The number of aliphatic carboxylic acids is 1. The van der Waals surface area contributed by atoms with E-state index in [4.69, 9.17) is 24.1 Å². The summed E-state index contributed by atoms with van der Waals surface area (Å²) in [5.41, 5.74) is 2.32. The highest BCUT2D eigenvalue weighted by atomic mass is 19.4. The molecule has 0 bridgehead atoms. The van der Waals surface area contributed by atoms with Gasteiger partial charge in [0.15, 0.2) is 11.5 Å². The number of aromatic nitrogens is 2. The lowest BCUT2D eigenvalue weighted by Gasteiger charge is -2.33. The Kier molecular flexibility index (Phi) is 7.99. The van der Waals surface area contributed by atoms with Crippen LogP contribution in [0.2, 0.25) is 0 Å². The van der Waals surface area contributed by atoms with Crippen LogP contribution in [0.4, 0.5) is 13.2 Å². The van der Waals surface area contributed by atoms with Gasteiger partial charge in [-0.15, -0.1) is 0 Å². The third-order valence-corrected chi connectivity index (χ3v) is 5.07. The third kappa shape index (κ3) is 6.60. The van der Waals surface area contributed by atoms with Crippen molar-refractivity contribution >= 4 is 11.9 Å². The van der Waals surface area contributed by atoms with Crippen molar-refractivity contribution in [3.63, 3.8) is 0 Å². The minimum atomic E-state index is -5.08. The number of benzene rings is 1. The fourth-order valence-corrected chi connectivity index (χ4v) is 3.42. The molecule has 34 heavy (non-hydrogen) atoms. The number of rotatable bonds is 6. The highest BCUT2D eigenvalue weighted by Crippen LogP contribution is 2.33. The van der Waals surface area contributed by atoms with Crippen molar-refractivity contribution in [1.29, 1.82) is 0 Å². The molecular weight excluding hydrogens is 461 g/mol. The number of halogens is 3. The molecule has 1 unspecified atom stereocenters. The number of carboxylic acids is 1. The van der Waals surface area contributed by atoms with Crippen LogP contribution >= 0.6 is 0 Å². The SMILES string of the molecule is CN(C)C(=O)COCC1CN(Cc2ccc3c(c2)OCO3)Cc2ccnn21.O=C(O)C(F)(F)F. The van der Waals surface area contributed by atoms with Crippen molar-refractivity contribution in [1.82, 2.24) is 19.6 Å². The monoisotopic (exact) mass is 486 g/mol. The zero-order valence-electron chi connectivity index (χ0n) is 18.6. The molecule has 2 aliphatic rings. The van der Waals surface area contributed by atoms with E-state index in [0.29, 0.717) is 6.61 Å². The Morgan fingerprint density at radius 2 is 1.94 bits per heavy atom. The molecule has 4 rings (SSSR count). The average Bonchev–Trinajstić information content (AvgIpc) is 3.42. The van der Waals surface area contributed by atoms with Crippen LogP contribution in [0, 0.1) is 0 Å². The van der Waals surface area contributed by atoms with Crippen molar-refractivity contribution in [2.75, 3.05) is 40.6 Å². The van der Waals surface area contributed by atoms with Gasteiger partial charge in [-0.05, 0) is 23.8 Å². The molecule has 0 saturated heterocycles. The van der Waals surface area contributed by atoms with E-state index in [1.165, 1.54) is 10.5 Å². The number of amides is 1. The molecule has 1 amide bonds. The van der Waals surface area contributed by atoms with Gasteiger partial charge >= 0.3 is 12.1 Å². The molecule has 3 heterocycles. The number of ether oxygens (including phenoxy) is 3. The molecule has 0 saturated carbocycles. The average molecular weight is 486 g/mol. The number of likely N-dealkylation sites (N-methyl/N-ethyl adjacent to an activating group) is 1. The van der Waals surface area contributed by atoms with Gasteiger partial charge in [0.25, 0.3) is 0 Å². The van der Waals surface area contributed by atoms with Crippen LogP contribution in [-0.2, 0) is 27.4 Å². The van der Waals surface area contributed by atoms with Crippen LogP contribution in [-0.4, -0.2) is 83.4 Å². The van der Waals surface area contributed by atoms with E-state index in [2.05, 4.69) is 16.1 Å². The number of alkyl halides is 3. The fourth-order valence-electron chi connectivity index (χ4n) is 3.42. The number of carbonyl (C=O) groups excluding carboxylic acids is 1. The number of carboxylic acid groups (broad SMARTS) is 1. The second-order valence-electron chi connectivity index (χ2n) is 7.88. The smallest absolute Gasteiger partial charge is 0.475 e. The molecule has 0 fully saturated rings. The summed E-state index contributed by atoms with van der Waals surface area (Å²) >= 11 is 0. The van der Waals surface area contributed by atoms with Crippen molar-refractivity contribution in [3.05, 3.63) is 41.7 Å². The van der Waals surface area contributed by atoms with E-state index >= 15 is 0 Å². The van der Waals surface area contributed by atoms with Crippen LogP contribution in [0.1, 0.15) is 17.3 Å². The molecule has 10 nitrogen and oxygen atoms in total. The van der Waals surface area contributed by atoms with Crippen LogP contribution in [0.25, 0.3) is 0 Å². The van der Waals surface area contributed by atoms with E-state index < -0.39 is 12.1 Å². The summed E-state index contributed by atoms with van der Waals surface area (Å²) in [6, 6.07) is 8.17. The van der Waals surface area contributed by atoms with Gasteiger partial charge in [-0.3, -0.25) is 14.4 Å². The standard InChI is InChI=1S/C19H24N4O4.C2HF3O2/c1-21(2)19(24)12-25-11-16-10-22(9-15-5-6-20-23(15)16)8-14-3-4-17-18(7-14)27-13-26-17;3-2(4,5)1(6)7/h3-7,16H,8-13H2,1-2H3;(H,6,7). The lowest BCUT2D eigenvalue weighted by molar-refractivity contribution is -0.192. The van der Waals surface area contributed by atoms with E-state index in [9.17, 15) is 18.0 Å². The van der Waals surface area contributed by atoms with Gasteiger partial charge in [0.2, 0.25) is 12.7 Å². The topological polar surface area (TPSA) is 106 Å².